The first kappa shape index (κ1) is 14.7. The molecule has 1 saturated carbocycles. The van der Waals surface area contributed by atoms with E-state index in [0.29, 0.717) is 19.1 Å². The lowest BCUT2D eigenvalue weighted by atomic mass is 10.1. The van der Waals surface area contributed by atoms with Gasteiger partial charge in [0.05, 0.1) is 13.2 Å². The number of hydrogen-bond donors (Lipinski definition) is 1. The maximum atomic E-state index is 11.5. The van der Waals surface area contributed by atoms with Gasteiger partial charge in [0.15, 0.2) is 0 Å². The summed E-state index contributed by atoms with van der Waals surface area (Å²) in [6, 6.07) is 8.31. The number of carbonyl (C=O) groups is 1. The Labute approximate surface area is 120 Å². The van der Waals surface area contributed by atoms with Crippen molar-refractivity contribution in [3.8, 4) is 5.75 Å². The highest BCUT2D eigenvalue weighted by Gasteiger charge is 2.39. The van der Waals surface area contributed by atoms with Crippen LogP contribution in [0.2, 0.25) is 0 Å². The Kier molecular flexibility index (Phi) is 5.27. The number of hydrogen-bond acceptors (Lipinski definition) is 3. The predicted molar refractivity (Wildman–Crippen MR) is 78.1 cm³/mol. The summed E-state index contributed by atoms with van der Waals surface area (Å²) in [5.41, 5.74) is 1.24. The molecule has 0 heterocycles. The third-order valence-electron chi connectivity index (χ3n) is 3.44. The zero-order valence-electron chi connectivity index (χ0n) is 12.2. The van der Waals surface area contributed by atoms with Crippen LogP contribution in [0.5, 0.6) is 5.75 Å². The van der Waals surface area contributed by atoms with Crippen molar-refractivity contribution in [1.82, 2.24) is 5.32 Å². The molecule has 2 rings (SSSR count). The van der Waals surface area contributed by atoms with Crippen molar-refractivity contribution >= 4 is 6.09 Å². The van der Waals surface area contributed by atoms with Crippen LogP contribution >= 0.6 is 0 Å². The zero-order valence-corrected chi connectivity index (χ0v) is 12.2. The van der Waals surface area contributed by atoms with E-state index in [0.717, 1.165) is 25.0 Å². The van der Waals surface area contributed by atoms with Crippen LogP contribution in [0.15, 0.2) is 24.3 Å². The van der Waals surface area contributed by atoms with Crippen LogP contribution in [-0.2, 0) is 4.74 Å². The van der Waals surface area contributed by atoms with Crippen LogP contribution in [0, 0.1) is 0 Å². The van der Waals surface area contributed by atoms with Gasteiger partial charge >= 0.3 is 6.09 Å². The van der Waals surface area contributed by atoms with Crippen molar-refractivity contribution in [2.45, 2.75) is 45.1 Å². The molecule has 0 spiro atoms. The Morgan fingerprint density at radius 1 is 1.30 bits per heavy atom. The molecule has 1 aliphatic carbocycles. The monoisotopic (exact) mass is 277 g/mol. The van der Waals surface area contributed by atoms with Crippen molar-refractivity contribution in [3.63, 3.8) is 0 Å². The first-order chi connectivity index (χ1) is 9.74. The van der Waals surface area contributed by atoms with Gasteiger partial charge in [-0.3, -0.25) is 0 Å². The van der Waals surface area contributed by atoms with Gasteiger partial charge in [0, 0.05) is 12.0 Å². The summed E-state index contributed by atoms with van der Waals surface area (Å²) in [5, 5.41) is 2.91. The number of rotatable bonds is 7. The standard InChI is InChI=1S/C16H23NO3/c1-3-5-10-20-16(18)17-15-11-14(15)12-6-8-13(9-7-12)19-4-2/h6-9,14-15H,3-5,10-11H2,1-2H3,(H,17,18)/t14-,15+/m0/s1. The Hall–Kier alpha value is -1.71. The smallest absolute Gasteiger partial charge is 0.407 e. The van der Waals surface area contributed by atoms with Crippen LogP contribution < -0.4 is 10.1 Å². The third-order valence-corrected chi connectivity index (χ3v) is 3.44. The molecule has 1 amide bonds. The summed E-state index contributed by atoms with van der Waals surface area (Å²) < 4.78 is 10.5. The van der Waals surface area contributed by atoms with Gasteiger partial charge in [-0.1, -0.05) is 25.5 Å². The van der Waals surface area contributed by atoms with E-state index in [1.807, 2.05) is 19.1 Å². The number of nitrogens with one attached hydrogen (secondary N) is 1. The quantitative estimate of drug-likeness (QED) is 0.776. The van der Waals surface area contributed by atoms with E-state index in [1.54, 1.807) is 0 Å². The van der Waals surface area contributed by atoms with Gasteiger partial charge in [-0.2, -0.15) is 0 Å². The predicted octanol–water partition coefficient (Wildman–Crippen LogP) is 3.47. The van der Waals surface area contributed by atoms with Crippen molar-refractivity contribution < 1.29 is 14.3 Å². The summed E-state index contributed by atoms with van der Waals surface area (Å²) >= 11 is 0. The van der Waals surface area contributed by atoms with Crippen LogP contribution in [0.25, 0.3) is 0 Å². The molecule has 2 atom stereocenters. The second kappa shape index (κ2) is 7.17. The Bertz CT molecular complexity index is 430. The summed E-state index contributed by atoms with van der Waals surface area (Å²) in [7, 11) is 0. The lowest BCUT2D eigenvalue weighted by Gasteiger charge is -2.07. The molecule has 0 saturated heterocycles. The van der Waals surface area contributed by atoms with Crippen LogP contribution in [0.1, 0.15) is 44.6 Å². The van der Waals surface area contributed by atoms with Gasteiger partial charge in [-0.25, -0.2) is 4.79 Å². The maximum Gasteiger partial charge on any atom is 0.407 e. The van der Waals surface area contributed by atoms with Gasteiger partial charge in [-0.05, 0) is 37.5 Å². The number of benzene rings is 1. The van der Waals surface area contributed by atoms with Gasteiger partial charge in [0.25, 0.3) is 0 Å². The van der Waals surface area contributed by atoms with E-state index in [2.05, 4.69) is 24.4 Å². The molecular formula is C16H23NO3. The molecule has 0 radical (unpaired) electrons. The molecule has 1 aliphatic rings. The fourth-order valence-electron chi connectivity index (χ4n) is 2.20. The molecule has 1 fully saturated rings. The largest absolute Gasteiger partial charge is 0.494 e. The van der Waals surface area contributed by atoms with E-state index >= 15 is 0 Å². The van der Waals surface area contributed by atoms with E-state index in [1.165, 1.54) is 5.56 Å². The van der Waals surface area contributed by atoms with Crippen LogP contribution in [-0.4, -0.2) is 25.3 Å². The molecule has 0 aromatic heterocycles. The zero-order chi connectivity index (χ0) is 14.4. The number of carbonyl (C=O) groups excluding carboxylic acids is 1. The van der Waals surface area contributed by atoms with Gasteiger partial charge in [0.1, 0.15) is 5.75 Å². The lowest BCUT2D eigenvalue weighted by molar-refractivity contribution is 0.144. The molecule has 4 heteroatoms. The minimum Gasteiger partial charge on any atom is -0.494 e. The highest BCUT2D eigenvalue weighted by molar-refractivity contribution is 5.68. The van der Waals surface area contributed by atoms with Gasteiger partial charge < -0.3 is 14.8 Å². The molecule has 110 valence electrons. The minimum absolute atomic E-state index is 0.210. The molecule has 20 heavy (non-hydrogen) atoms. The van der Waals surface area contributed by atoms with Crippen molar-refractivity contribution in [1.29, 1.82) is 0 Å². The number of unbranched alkanes of at least 4 members (excludes halogenated alkanes) is 1. The summed E-state index contributed by atoms with van der Waals surface area (Å²) in [6.07, 6.45) is 2.64. The highest BCUT2D eigenvalue weighted by atomic mass is 16.5. The second-order valence-corrected chi connectivity index (χ2v) is 5.08. The molecule has 1 N–H and O–H groups in total. The van der Waals surface area contributed by atoms with Gasteiger partial charge in [0.2, 0.25) is 0 Å². The Morgan fingerprint density at radius 3 is 2.70 bits per heavy atom. The van der Waals surface area contributed by atoms with E-state index in [4.69, 9.17) is 9.47 Å². The van der Waals surface area contributed by atoms with Crippen LogP contribution in [0.3, 0.4) is 0 Å². The lowest BCUT2D eigenvalue weighted by Crippen LogP contribution is -2.27. The topological polar surface area (TPSA) is 47.6 Å². The normalized spacial score (nSPS) is 20.3. The van der Waals surface area contributed by atoms with Crippen molar-refractivity contribution in [2.75, 3.05) is 13.2 Å². The van der Waals surface area contributed by atoms with Gasteiger partial charge in [-0.15, -0.1) is 0 Å². The number of amides is 1. The van der Waals surface area contributed by atoms with Crippen LogP contribution in [0.4, 0.5) is 4.79 Å². The van der Waals surface area contributed by atoms with E-state index in [9.17, 15) is 4.79 Å². The summed E-state index contributed by atoms with van der Waals surface area (Å²) in [4.78, 5) is 11.5. The van der Waals surface area contributed by atoms with E-state index < -0.39 is 0 Å². The number of ether oxygens (including phenoxy) is 2. The maximum absolute atomic E-state index is 11.5. The van der Waals surface area contributed by atoms with Crippen molar-refractivity contribution in [3.05, 3.63) is 29.8 Å². The second-order valence-electron chi connectivity index (χ2n) is 5.08. The fraction of sp³-hybridized carbons (Fsp3) is 0.562. The first-order valence-corrected chi connectivity index (χ1v) is 7.40. The van der Waals surface area contributed by atoms with Crippen molar-refractivity contribution in [2.24, 2.45) is 0 Å². The molecule has 1 aromatic rings. The average molecular weight is 277 g/mol. The molecular weight excluding hydrogens is 254 g/mol. The minimum atomic E-state index is -0.295. The SMILES string of the molecule is CCCCOC(=O)N[C@@H]1C[C@H]1c1ccc(OCC)cc1. The Morgan fingerprint density at radius 2 is 2.05 bits per heavy atom. The molecule has 0 bridgehead atoms. The first-order valence-electron chi connectivity index (χ1n) is 7.40. The molecule has 0 aliphatic heterocycles. The highest BCUT2D eigenvalue weighted by Crippen LogP contribution is 2.41. The molecule has 1 aromatic carbocycles. The molecule has 0 unspecified atom stereocenters. The number of alkyl carbamates (subject to hydrolysis) is 1. The summed E-state index contributed by atoms with van der Waals surface area (Å²) in [5.74, 6) is 1.30. The average Bonchev–Trinajstić information content (AvgIpc) is 3.19. The molecule has 4 nitrogen and oxygen atoms in total. The Balaban J connectivity index is 1.75. The third kappa shape index (κ3) is 4.15. The van der Waals surface area contributed by atoms with E-state index in [-0.39, 0.29) is 12.1 Å². The fourth-order valence-corrected chi connectivity index (χ4v) is 2.20. The summed E-state index contributed by atoms with van der Waals surface area (Å²) in [6.45, 7) is 5.22.